The molecule has 0 saturated carbocycles. The van der Waals surface area contributed by atoms with E-state index in [2.05, 4.69) is 15.4 Å². The van der Waals surface area contributed by atoms with Crippen molar-refractivity contribution in [3.8, 4) is 5.69 Å². The van der Waals surface area contributed by atoms with E-state index >= 15 is 0 Å². The summed E-state index contributed by atoms with van der Waals surface area (Å²) in [5.74, 6) is -1.06. The maximum atomic E-state index is 14.1. The number of pyridine rings is 1. The van der Waals surface area contributed by atoms with Crippen molar-refractivity contribution in [1.82, 2.24) is 20.1 Å². The van der Waals surface area contributed by atoms with Crippen molar-refractivity contribution < 1.29 is 18.7 Å². The summed E-state index contributed by atoms with van der Waals surface area (Å²) in [6.45, 7) is 0.173. The molecule has 0 aliphatic carbocycles. The van der Waals surface area contributed by atoms with Crippen LogP contribution >= 0.6 is 11.8 Å². The van der Waals surface area contributed by atoms with E-state index in [9.17, 15) is 13.6 Å². The summed E-state index contributed by atoms with van der Waals surface area (Å²) in [7, 11) is 0. The van der Waals surface area contributed by atoms with E-state index in [0.717, 1.165) is 0 Å². The molecule has 0 bridgehead atoms. The second-order valence-electron chi connectivity index (χ2n) is 5.24. The molecule has 0 unspecified atom stereocenters. The van der Waals surface area contributed by atoms with Crippen LogP contribution in [0.3, 0.4) is 0 Å². The Labute approximate surface area is 151 Å². The van der Waals surface area contributed by atoms with Crippen molar-refractivity contribution in [3.05, 3.63) is 66.1 Å². The molecule has 0 radical (unpaired) electrons. The highest BCUT2D eigenvalue weighted by atomic mass is 32.2. The molecule has 26 heavy (non-hydrogen) atoms. The van der Waals surface area contributed by atoms with Gasteiger partial charge in [0.05, 0.1) is 5.69 Å². The Balaban J connectivity index is 1.93. The van der Waals surface area contributed by atoms with Crippen LogP contribution in [-0.4, -0.2) is 32.5 Å². The van der Waals surface area contributed by atoms with Gasteiger partial charge < -0.3 is 10.4 Å². The van der Waals surface area contributed by atoms with Gasteiger partial charge in [-0.25, -0.2) is 18.9 Å². The van der Waals surface area contributed by atoms with Crippen LogP contribution in [0.2, 0.25) is 0 Å². The van der Waals surface area contributed by atoms with Crippen LogP contribution in [0.1, 0.15) is 5.69 Å². The van der Waals surface area contributed by atoms with E-state index in [1.807, 2.05) is 0 Å². The van der Waals surface area contributed by atoms with Crippen molar-refractivity contribution in [2.24, 2.45) is 0 Å². The molecule has 1 amide bonds. The third-order valence-electron chi connectivity index (χ3n) is 3.37. The molecule has 0 saturated heterocycles. The molecule has 3 rings (SSSR count). The maximum Gasteiger partial charge on any atom is 0.404 e. The van der Waals surface area contributed by atoms with Crippen molar-refractivity contribution in [2.75, 3.05) is 6.54 Å². The zero-order valence-electron chi connectivity index (χ0n) is 13.4. The Bertz CT molecular complexity index is 933. The number of benzene rings is 1. The fourth-order valence-corrected chi connectivity index (χ4v) is 3.24. The van der Waals surface area contributed by atoms with Crippen LogP contribution in [0.25, 0.3) is 5.69 Å². The molecule has 0 spiro atoms. The summed E-state index contributed by atoms with van der Waals surface area (Å²) in [5.41, 5.74) is 0.727. The summed E-state index contributed by atoms with van der Waals surface area (Å²) in [6, 6.07) is 10.9. The Morgan fingerprint density at radius 2 is 2.08 bits per heavy atom. The lowest BCUT2D eigenvalue weighted by Gasteiger charge is -2.07. The number of rotatable bonds is 6. The Hall–Kier alpha value is -2.94. The van der Waals surface area contributed by atoms with E-state index in [1.54, 1.807) is 24.3 Å². The number of hydrogen-bond acceptors (Lipinski definition) is 4. The van der Waals surface area contributed by atoms with Gasteiger partial charge in [-0.05, 0) is 36.4 Å². The van der Waals surface area contributed by atoms with Crippen LogP contribution in [0, 0.1) is 11.8 Å². The lowest BCUT2D eigenvalue weighted by Crippen LogP contribution is -2.23. The van der Waals surface area contributed by atoms with E-state index in [0.29, 0.717) is 22.0 Å². The Kier molecular flexibility index (Phi) is 5.47. The number of amides is 1. The molecule has 2 N–H and O–H groups in total. The van der Waals surface area contributed by atoms with Crippen molar-refractivity contribution in [2.45, 2.75) is 16.3 Å². The predicted molar refractivity (Wildman–Crippen MR) is 91.6 cm³/mol. The first-order valence-corrected chi connectivity index (χ1v) is 8.44. The van der Waals surface area contributed by atoms with Crippen LogP contribution in [-0.2, 0) is 6.42 Å². The van der Waals surface area contributed by atoms with Crippen LogP contribution < -0.4 is 5.32 Å². The normalized spacial score (nSPS) is 10.7. The largest absolute Gasteiger partial charge is 0.465 e. The van der Waals surface area contributed by atoms with Gasteiger partial charge >= 0.3 is 6.09 Å². The summed E-state index contributed by atoms with van der Waals surface area (Å²) >= 11 is 1.22. The third kappa shape index (κ3) is 4.37. The topological polar surface area (TPSA) is 80.0 Å². The molecule has 3 aromatic rings. The van der Waals surface area contributed by atoms with Gasteiger partial charge in [0.2, 0.25) is 5.95 Å². The van der Waals surface area contributed by atoms with Gasteiger partial charge in [0, 0.05) is 24.1 Å². The minimum atomic E-state index is -1.13. The van der Waals surface area contributed by atoms with Crippen LogP contribution in [0.15, 0.2) is 58.6 Å². The number of hydrogen-bond donors (Lipinski definition) is 2. The molecule has 2 aromatic heterocycles. The summed E-state index contributed by atoms with van der Waals surface area (Å²) in [5, 5.41) is 15.8. The fraction of sp³-hybridized carbons (Fsp3) is 0.118. The smallest absolute Gasteiger partial charge is 0.404 e. The van der Waals surface area contributed by atoms with Crippen molar-refractivity contribution in [1.29, 1.82) is 0 Å². The lowest BCUT2D eigenvalue weighted by molar-refractivity contribution is 0.194. The van der Waals surface area contributed by atoms with Crippen molar-refractivity contribution in [3.63, 3.8) is 0 Å². The molecule has 1 aromatic carbocycles. The average Bonchev–Trinajstić information content (AvgIpc) is 2.97. The van der Waals surface area contributed by atoms with Crippen LogP contribution in [0.5, 0.6) is 0 Å². The fourth-order valence-electron chi connectivity index (χ4n) is 2.26. The van der Waals surface area contributed by atoms with E-state index in [4.69, 9.17) is 5.11 Å². The third-order valence-corrected chi connectivity index (χ3v) is 4.36. The molecule has 6 nitrogen and oxygen atoms in total. The monoisotopic (exact) mass is 376 g/mol. The number of halogens is 2. The minimum absolute atomic E-state index is 0.156. The first-order valence-electron chi connectivity index (χ1n) is 7.63. The summed E-state index contributed by atoms with van der Waals surface area (Å²) < 4.78 is 28.9. The van der Waals surface area contributed by atoms with Gasteiger partial charge in [0.25, 0.3) is 0 Å². The highest BCUT2D eigenvalue weighted by Gasteiger charge is 2.15. The van der Waals surface area contributed by atoms with Gasteiger partial charge in [-0.3, -0.25) is 0 Å². The van der Waals surface area contributed by atoms with E-state index < -0.39 is 12.0 Å². The molecule has 0 aliphatic heterocycles. The zero-order chi connectivity index (χ0) is 18.5. The molecule has 9 heteroatoms. The maximum absolute atomic E-state index is 14.1. The van der Waals surface area contributed by atoms with Crippen molar-refractivity contribution >= 4 is 17.9 Å². The van der Waals surface area contributed by atoms with Gasteiger partial charge in [0.1, 0.15) is 16.5 Å². The first kappa shape index (κ1) is 17.9. The number of aromatic nitrogens is 3. The molecule has 0 fully saturated rings. The molecular formula is C17H14F2N4O2S. The zero-order valence-corrected chi connectivity index (χ0v) is 14.2. The second kappa shape index (κ2) is 7.96. The van der Waals surface area contributed by atoms with Gasteiger partial charge in [-0.2, -0.15) is 9.49 Å². The molecular weight excluding hydrogens is 362 g/mol. The standard InChI is InChI=1S/C17H14F2N4O2S/c18-11-3-1-4-13(9-11)26-15-10-12(6-8-21-17(24)25)22-23(15)14-5-2-7-20-16(14)19/h1-5,7,9-10,21H,6,8H2,(H,24,25). The number of nitrogens with zero attached hydrogens (tertiary/aromatic N) is 3. The van der Waals surface area contributed by atoms with E-state index in [1.165, 1.54) is 40.8 Å². The predicted octanol–water partition coefficient (Wildman–Crippen LogP) is 3.51. The Morgan fingerprint density at radius 1 is 1.23 bits per heavy atom. The molecule has 0 aliphatic rings. The quantitative estimate of drug-likeness (QED) is 0.644. The highest BCUT2D eigenvalue weighted by Crippen LogP contribution is 2.31. The molecule has 134 valence electrons. The first-order chi connectivity index (χ1) is 12.5. The summed E-state index contributed by atoms with van der Waals surface area (Å²) in [4.78, 5) is 14.8. The minimum Gasteiger partial charge on any atom is -0.465 e. The molecule has 2 heterocycles. The number of nitrogens with one attached hydrogen (secondary N) is 1. The number of carboxylic acid groups (broad SMARTS) is 1. The van der Waals surface area contributed by atoms with Gasteiger partial charge in [-0.1, -0.05) is 17.8 Å². The van der Waals surface area contributed by atoms with Gasteiger partial charge in [-0.15, -0.1) is 0 Å². The second-order valence-corrected chi connectivity index (χ2v) is 6.33. The molecule has 0 atom stereocenters. The van der Waals surface area contributed by atoms with Gasteiger partial charge in [0.15, 0.2) is 0 Å². The number of carbonyl (C=O) groups is 1. The summed E-state index contributed by atoms with van der Waals surface area (Å²) in [6.07, 6.45) is 0.536. The SMILES string of the molecule is O=C(O)NCCc1cc(Sc2cccc(F)c2)n(-c2cccnc2F)n1. The highest BCUT2D eigenvalue weighted by molar-refractivity contribution is 7.99. The average molecular weight is 376 g/mol. The Morgan fingerprint density at radius 3 is 2.81 bits per heavy atom. The lowest BCUT2D eigenvalue weighted by atomic mass is 10.3. The van der Waals surface area contributed by atoms with Crippen LogP contribution in [0.4, 0.5) is 13.6 Å². The van der Waals surface area contributed by atoms with E-state index in [-0.39, 0.29) is 18.0 Å².